The van der Waals surface area contributed by atoms with Gasteiger partial charge in [0, 0.05) is 3.57 Å². The summed E-state index contributed by atoms with van der Waals surface area (Å²) < 4.78 is 16.3. The van der Waals surface area contributed by atoms with Crippen LogP contribution in [0.15, 0.2) is 73.8 Å². The van der Waals surface area contributed by atoms with E-state index in [0.29, 0.717) is 12.1 Å². The van der Waals surface area contributed by atoms with Crippen molar-refractivity contribution in [2.45, 2.75) is 12.1 Å². The van der Waals surface area contributed by atoms with Crippen LogP contribution in [0.2, 0.25) is 12.1 Å². The number of hydrogen-bond acceptors (Lipinski definition) is 0. The molecule has 2 rings (SSSR count). The van der Waals surface area contributed by atoms with Crippen molar-refractivity contribution in [3.05, 3.63) is 77.4 Å². The molecule has 0 fully saturated rings. The fourth-order valence-electron chi connectivity index (χ4n) is 2.38. The van der Waals surface area contributed by atoms with E-state index >= 15 is 4.11 Å². The normalized spacial score (nSPS) is 11.1. The van der Waals surface area contributed by atoms with Crippen LogP contribution in [0, 0.1) is 3.57 Å². The Bertz CT molecular complexity index is 607. The van der Waals surface area contributed by atoms with Crippen molar-refractivity contribution < 1.29 is 4.11 Å². The molecule has 0 aliphatic carbocycles. The molecule has 21 heavy (non-hydrogen) atoms. The molecular formula is C18H18FISi. The highest BCUT2D eigenvalue weighted by atomic mass is 127. The van der Waals surface area contributed by atoms with Crippen LogP contribution < -0.4 is 5.19 Å². The van der Waals surface area contributed by atoms with Gasteiger partial charge in [-0.25, -0.2) is 0 Å². The van der Waals surface area contributed by atoms with Crippen LogP contribution in [0.25, 0.3) is 11.1 Å². The Hall–Kier alpha value is -1.20. The molecule has 0 nitrogen and oxygen atoms in total. The summed E-state index contributed by atoms with van der Waals surface area (Å²) in [5.41, 5.74) is 2.27. The van der Waals surface area contributed by atoms with Gasteiger partial charge in [0.25, 0.3) is 8.41 Å². The van der Waals surface area contributed by atoms with Gasteiger partial charge in [-0.05, 0) is 63.1 Å². The van der Waals surface area contributed by atoms with Crippen molar-refractivity contribution >= 4 is 36.2 Å². The first-order chi connectivity index (χ1) is 10.1. The Morgan fingerprint density at radius 1 is 0.857 bits per heavy atom. The van der Waals surface area contributed by atoms with Crippen molar-refractivity contribution in [2.75, 3.05) is 0 Å². The molecule has 0 saturated carbocycles. The zero-order chi connectivity index (χ0) is 15.3. The maximum absolute atomic E-state index is 15.1. The minimum Gasteiger partial charge on any atom is -0.307 e. The molecular weight excluding hydrogens is 390 g/mol. The third-order valence-electron chi connectivity index (χ3n) is 3.52. The molecule has 0 unspecified atom stereocenters. The number of allylic oxidation sites excluding steroid dienone is 2. The van der Waals surface area contributed by atoms with Gasteiger partial charge in [-0.1, -0.05) is 48.6 Å². The Kier molecular flexibility index (Phi) is 5.53. The van der Waals surface area contributed by atoms with Crippen molar-refractivity contribution in [1.82, 2.24) is 0 Å². The Balaban J connectivity index is 2.30. The molecule has 0 aliphatic rings. The second-order valence-electron chi connectivity index (χ2n) is 5.04. The van der Waals surface area contributed by atoms with E-state index in [-0.39, 0.29) is 0 Å². The lowest BCUT2D eigenvalue weighted by Gasteiger charge is -2.20. The van der Waals surface area contributed by atoms with E-state index in [1.54, 1.807) is 12.2 Å². The van der Waals surface area contributed by atoms with Gasteiger partial charge in [-0.2, -0.15) is 0 Å². The highest BCUT2D eigenvalue weighted by Crippen LogP contribution is 2.23. The maximum Gasteiger partial charge on any atom is 0.284 e. The molecule has 108 valence electrons. The summed E-state index contributed by atoms with van der Waals surface area (Å²) in [5.74, 6) is 0. The molecule has 0 amide bonds. The molecule has 2 aromatic carbocycles. The zero-order valence-electron chi connectivity index (χ0n) is 11.9. The molecule has 0 spiro atoms. The summed E-state index contributed by atoms with van der Waals surface area (Å²) in [5, 5.41) is 0.816. The maximum atomic E-state index is 15.1. The van der Waals surface area contributed by atoms with E-state index < -0.39 is 8.41 Å². The zero-order valence-corrected chi connectivity index (χ0v) is 15.0. The van der Waals surface area contributed by atoms with Gasteiger partial charge in [0.1, 0.15) is 0 Å². The Labute approximate surface area is 140 Å². The molecule has 0 bridgehead atoms. The minimum atomic E-state index is -3.00. The summed E-state index contributed by atoms with van der Waals surface area (Å²) in [6, 6.07) is 17.1. The van der Waals surface area contributed by atoms with Gasteiger partial charge in [-0.3, -0.25) is 0 Å². The third kappa shape index (κ3) is 3.92. The van der Waals surface area contributed by atoms with Crippen LogP contribution in [0.4, 0.5) is 4.11 Å². The second kappa shape index (κ2) is 7.18. The predicted molar refractivity (Wildman–Crippen MR) is 101 cm³/mol. The predicted octanol–water partition coefficient (Wildman–Crippen LogP) is 5.45. The number of hydrogen-bond donors (Lipinski definition) is 0. The number of halogens is 2. The molecule has 0 saturated heterocycles. The molecule has 0 aromatic heterocycles. The fourth-order valence-corrected chi connectivity index (χ4v) is 5.06. The summed E-state index contributed by atoms with van der Waals surface area (Å²) in [7, 11) is -3.00. The fraction of sp³-hybridized carbons (Fsp3) is 0.111. The average Bonchev–Trinajstić information content (AvgIpc) is 2.49. The molecule has 0 aliphatic heterocycles. The molecule has 0 radical (unpaired) electrons. The van der Waals surface area contributed by atoms with Crippen molar-refractivity contribution in [3.8, 4) is 11.1 Å². The highest BCUT2D eigenvalue weighted by molar-refractivity contribution is 14.1. The van der Waals surface area contributed by atoms with Crippen molar-refractivity contribution in [1.29, 1.82) is 0 Å². The van der Waals surface area contributed by atoms with Crippen LogP contribution in [0.5, 0.6) is 0 Å². The molecule has 0 heterocycles. The van der Waals surface area contributed by atoms with E-state index in [0.717, 1.165) is 16.3 Å². The van der Waals surface area contributed by atoms with Gasteiger partial charge in [0.05, 0.1) is 0 Å². The van der Waals surface area contributed by atoms with Gasteiger partial charge < -0.3 is 4.11 Å². The van der Waals surface area contributed by atoms with Gasteiger partial charge >= 0.3 is 0 Å². The minimum absolute atomic E-state index is 0.432. The standard InChI is InChI=1S/C18H18FISi/c1-3-13-21(19,14-4-2)18-11-7-16(8-12-18)15-5-9-17(20)10-6-15/h3-12H,1-2,13-14H2. The first kappa shape index (κ1) is 16.2. The summed E-state index contributed by atoms with van der Waals surface area (Å²) in [6.07, 6.45) is 3.37. The van der Waals surface area contributed by atoms with E-state index in [1.807, 2.05) is 24.3 Å². The van der Waals surface area contributed by atoms with Crippen LogP contribution in [0.1, 0.15) is 0 Å². The van der Waals surface area contributed by atoms with E-state index in [1.165, 1.54) is 3.57 Å². The van der Waals surface area contributed by atoms with Gasteiger partial charge in [-0.15, -0.1) is 13.2 Å². The average molecular weight is 408 g/mol. The van der Waals surface area contributed by atoms with E-state index in [4.69, 9.17) is 0 Å². The number of benzene rings is 2. The summed E-state index contributed by atoms with van der Waals surface area (Å²) in [4.78, 5) is 0. The van der Waals surface area contributed by atoms with Crippen LogP contribution >= 0.6 is 22.6 Å². The highest BCUT2D eigenvalue weighted by Gasteiger charge is 2.33. The molecule has 0 N–H and O–H groups in total. The van der Waals surface area contributed by atoms with E-state index in [2.05, 4.69) is 60.0 Å². The SMILES string of the molecule is C=CC[Si](F)(CC=C)c1ccc(-c2ccc(I)cc2)cc1. The Morgan fingerprint density at radius 3 is 1.71 bits per heavy atom. The van der Waals surface area contributed by atoms with Crippen molar-refractivity contribution in [2.24, 2.45) is 0 Å². The smallest absolute Gasteiger partial charge is 0.284 e. The largest absolute Gasteiger partial charge is 0.307 e. The van der Waals surface area contributed by atoms with Crippen molar-refractivity contribution in [3.63, 3.8) is 0 Å². The monoisotopic (exact) mass is 408 g/mol. The van der Waals surface area contributed by atoms with Crippen LogP contribution in [-0.2, 0) is 0 Å². The second-order valence-corrected chi connectivity index (χ2v) is 9.61. The first-order valence-electron chi connectivity index (χ1n) is 6.86. The van der Waals surface area contributed by atoms with Crippen LogP contribution in [0.3, 0.4) is 0 Å². The lowest BCUT2D eigenvalue weighted by molar-refractivity contribution is 0.800. The van der Waals surface area contributed by atoms with Crippen LogP contribution in [-0.4, -0.2) is 8.41 Å². The summed E-state index contributed by atoms with van der Waals surface area (Å²) in [6.45, 7) is 7.37. The number of rotatable bonds is 6. The van der Waals surface area contributed by atoms with Gasteiger partial charge in [0.2, 0.25) is 0 Å². The molecule has 0 atom stereocenters. The van der Waals surface area contributed by atoms with Gasteiger partial charge in [0.15, 0.2) is 0 Å². The lowest BCUT2D eigenvalue weighted by atomic mass is 10.1. The first-order valence-corrected chi connectivity index (χ1v) is 10.2. The topological polar surface area (TPSA) is 0 Å². The quantitative estimate of drug-likeness (QED) is 0.258. The molecule has 3 heteroatoms. The van der Waals surface area contributed by atoms with E-state index in [9.17, 15) is 0 Å². The lowest BCUT2D eigenvalue weighted by Crippen LogP contribution is -2.42. The third-order valence-corrected chi connectivity index (χ3v) is 7.47. The Morgan fingerprint density at radius 2 is 1.29 bits per heavy atom. The summed E-state index contributed by atoms with van der Waals surface area (Å²) >= 11 is 2.29. The molecule has 2 aromatic rings.